The van der Waals surface area contributed by atoms with Gasteiger partial charge in [-0.25, -0.2) is 4.98 Å². The zero-order chi connectivity index (χ0) is 15.5. The fourth-order valence-electron chi connectivity index (χ4n) is 1.75. The summed E-state index contributed by atoms with van der Waals surface area (Å²) in [6, 6.07) is 1.99. The normalized spacial score (nSPS) is 11.8. The quantitative estimate of drug-likeness (QED) is 0.480. The van der Waals surface area contributed by atoms with Crippen molar-refractivity contribution in [1.82, 2.24) is 19.6 Å². The van der Waals surface area contributed by atoms with Crippen LogP contribution in [0.5, 0.6) is 0 Å². The SMILES string of the molecule is CCc1cc(SCCC(=O)OC(C)(C)C)n2ncnc2n1. The topological polar surface area (TPSA) is 69.4 Å². The van der Waals surface area contributed by atoms with Crippen LogP contribution in [0.4, 0.5) is 0 Å². The number of fused-ring (bicyclic) bond motifs is 1. The Morgan fingerprint density at radius 1 is 1.43 bits per heavy atom. The first-order valence-electron chi connectivity index (χ1n) is 6.93. The van der Waals surface area contributed by atoms with Gasteiger partial charge in [-0.2, -0.15) is 14.6 Å². The minimum absolute atomic E-state index is 0.186. The number of rotatable bonds is 5. The molecule has 21 heavy (non-hydrogen) atoms. The summed E-state index contributed by atoms with van der Waals surface area (Å²) in [5, 5.41) is 5.10. The van der Waals surface area contributed by atoms with Crippen molar-refractivity contribution < 1.29 is 9.53 Å². The summed E-state index contributed by atoms with van der Waals surface area (Å²) in [5.74, 6) is 1.04. The lowest BCUT2D eigenvalue weighted by atomic mass is 10.2. The van der Waals surface area contributed by atoms with E-state index in [1.807, 2.05) is 33.8 Å². The number of aromatic nitrogens is 4. The summed E-state index contributed by atoms with van der Waals surface area (Å²) in [5.41, 5.74) is 0.530. The Labute approximate surface area is 128 Å². The average Bonchev–Trinajstić information content (AvgIpc) is 2.84. The van der Waals surface area contributed by atoms with Crippen LogP contribution in [0.3, 0.4) is 0 Å². The predicted octanol–water partition coefficient (Wildman–Crippen LogP) is 2.51. The Bertz CT molecular complexity index is 633. The van der Waals surface area contributed by atoms with E-state index < -0.39 is 5.60 Å². The summed E-state index contributed by atoms with van der Waals surface area (Å²) in [6.07, 6.45) is 2.69. The molecule has 0 unspecified atom stereocenters. The van der Waals surface area contributed by atoms with E-state index >= 15 is 0 Å². The first kappa shape index (κ1) is 15.8. The highest BCUT2D eigenvalue weighted by Gasteiger charge is 2.16. The lowest BCUT2D eigenvalue weighted by molar-refractivity contribution is -0.154. The lowest BCUT2D eigenvalue weighted by Crippen LogP contribution is -2.24. The summed E-state index contributed by atoms with van der Waals surface area (Å²) in [6.45, 7) is 7.65. The molecule has 0 saturated heterocycles. The van der Waals surface area contributed by atoms with Gasteiger partial charge in [0.1, 0.15) is 17.0 Å². The minimum Gasteiger partial charge on any atom is -0.460 e. The number of carbonyl (C=O) groups excluding carboxylic acids is 1. The summed E-state index contributed by atoms with van der Waals surface area (Å²) >= 11 is 1.56. The van der Waals surface area contributed by atoms with E-state index in [-0.39, 0.29) is 5.97 Å². The van der Waals surface area contributed by atoms with Gasteiger partial charge in [0.05, 0.1) is 6.42 Å². The Kier molecular flexibility index (Phi) is 4.82. The monoisotopic (exact) mass is 308 g/mol. The second kappa shape index (κ2) is 6.43. The Morgan fingerprint density at radius 2 is 2.19 bits per heavy atom. The molecule has 0 aromatic carbocycles. The van der Waals surface area contributed by atoms with Gasteiger partial charge >= 0.3 is 5.97 Å². The van der Waals surface area contributed by atoms with E-state index in [9.17, 15) is 4.79 Å². The van der Waals surface area contributed by atoms with Crippen LogP contribution in [0.2, 0.25) is 0 Å². The van der Waals surface area contributed by atoms with Crippen molar-refractivity contribution in [3.05, 3.63) is 18.1 Å². The fourth-order valence-corrected chi connectivity index (χ4v) is 2.70. The Hall–Kier alpha value is -1.63. The highest BCUT2D eigenvalue weighted by atomic mass is 32.2. The number of thioether (sulfide) groups is 1. The zero-order valence-corrected chi connectivity index (χ0v) is 13.6. The van der Waals surface area contributed by atoms with Gasteiger partial charge in [0.15, 0.2) is 0 Å². The fraction of sp³-hybridized carbons (Fsp3) is 0.571. The largest absolute Gasteiger partial charge is 0.460 e. The molecule has 2 aromatic heterocycles. The number of hydrogen-bond donors (Lipinski definition) is 0. The molecular formula is C14H20N4O2S. The number of nitrogens with zero attached hydrogens (tertiary/aromatic N) is 4. The van der Waals surface area contributed by atoms with Crippen LogP contribution < -0.4 is 0 Å². The van der Waals surface area contributed by atoms with Gasteiger partial charge in [-0.1, -0.05) is 6.92 Å². The Morgan fingerprint density at radius 3 is 2.86 bits per heavy atom. The van der Waals surface area contributed by atoms with Crippen LogP contribution >= 0.6 is 11.8 Å². The Balaban J connectivity index is 2.00. The highest BCUT2D eigenvalue weighted by molar-refractivity contribution is 7.99. The maximum absolute atomic E-state index is 11.7. The van der Waals surface area contributed by atoms with Crippen LogP contribution in [0, 0.1) is 0 Å². The molecule has 0 aliphatic heterocycles. The molecule has 0 N–H and O–H groups in total. The van der Waals surface area contributed by atoms with Crippen LogP contribution in [0.1, 0.15) is 39.8 Å². The molecular weight excluding hydrogens is 288 g/mol. The lowest BCUT2D eigenvalue weighted by Gasteiger charge is -2.19. The second-order valence-electron chi connectivity index (χ2n) is 5.60. The molecule has 0 bridgehead atoms. The van der Waals surface area contributed by atoms with Gasteiger partial charge in [0.2, 0.25) is 0 Å². The van der Waals surface area contributed by atoms with Crippen LogP contribution in [-0.4, -0.2) is 36.9 Å². The molecule has 114 valence electrons. The second-order valence-corrected chi connectivity index (χ2v) is 6.71. The van der Waals surface area contributed by atoms with E-state index in [1.165, 1.54) is 6.33 Å². The van der Waals surface area contributed by atoms with Crippen molar-refractivity contribution in [2.45, 2.75) is 51.2 Å². The van der Waals surface area contributed by atoms with Crippen molar-refractivity contribution in [2.24, 2.45) is 0 Å². The maximum atomic E-state index is 11.7. The molecule has 0 fully saturated rings. The molecule has 0 atom stereocenters. The molecule has 2 aromatic rings. The average molecular weight is 308 g/mol. The van der Waals surface area contributed by atoms with Gasteiger partial charge in [-0.3, -0.25) is 4.79 Å². The summed E-state index contributed by atoms with van der Waals surface area (Å²) < 4.78 is 6.99. The van der Waals surface area contributed by atoms with Gasteiger partial charge in [-0.05, 0) is 33.3 Å². The van der Waals surface area contributed by atoms with E-state index in [0.717, 1.165) is 17.1 Å². The molecule has 2 heterocycles. The molecule has 0 radical (unpaired) electrons. The number of hydrogen-bond acceptors (Lipinski definition) is 6. The molecule has 0 aliphatic rings. The summed E-state index contributed by atoms with van der Waals surface area (Å²) in [7, 11) is 0. The third-order valence-electron chi connectivity index (χ3n) is 2.61. The molecule has 6 nitrogen and oxygen atoms in total. The maximum Gasteiger partial charge on any atom is 0.307 e. The standard InChI is InChI=1S/C14H20N4O2S/c1-5-10-8-11(18-13(17-10)15-9-16-18)21-7-6-12(19)20-14(2,3)4/h8-9H,5-7H2,1-4H3. The van der Waals surface area contributed by atoms with Crippen molar-refractivity contribution in [2.75, 3.05) is 5.75 Å². The van der Waals surface area contributed by atoms with E-state index in [0.29, 0.717) is 18.0 Å². The minimum atomic E-state index is -0.438. The highest BCUT2D eigenvalue weighted by Crippen LogP contribution is 2.20. The van der Waals surface area contributed by atoms with E-state index in [1.54, 1.807) is 16.3 Å². The van der Waals surface area contributed by atoms with Crippen LogP contribution in [0.25, 0.3) is 5.78 Å². The third-order valence-corrected chi connectivity index (χ3v) is 3.61. The molecule has 0 aliphatic carbocycles. The van der Waals surface area contributed by atoms with Gasteiger partial charge in [-0.15, -0.1) is 11.8 Å². The summed E-state index contributed by atoms with van der Waals surface area (Å²) in [4.78, 5) is 20.2. The van der Waals surface area contributed by atoms with Crippen LogP contribution in [-0.2, 0) is 16.0 Å². The van der Waals surface area contributed by atoms with Crippen molar-refractivity contribution in [3.8, 4) is 0 Å². The number of aryl methyl sites for hydroxylation is 1. The molecule has 2 rings (SSSR count). The molecule has 7 heteroatoms. The van der Waals surface area contributed by atoms with Gasteiger partial charge in [0, 0.05) is 11.4 Å². The number of carbonyl (C=O) groups is 1. The molecule has 0 saturated carbocycles. The predicted molar refractivity (Wildman–Crippen MR) is 81.3 cm³/mol. The number of esters is 1. The first-order valence-corrected chi connectivity index (χ1v) is 7.92. The van der Waals surface area contributed by atoms with Gasteiger partial charge < -0.3 is 4.74 Å². The smallest absolute Gasteiger partial charge is 0.307 e. The first-order chi connectivity index (χ1) is 9.89. The van der Waals surface area contributed by atoms with Gasteiger partial charge in [0.25, 0.3) is 5.78 Å². The molecule has 0 amide bonds. The van der Waals surface area contributed by atoms with E-state index in [4.69, 9.17) is 4.74 Å². The van der Waals surface area contributed by atoms with Crippen molar-refractivity contribution in [1.29, 1.82) is 0 Å². The third kappa shape index (κ3) is 4.42. The van der Waals surface area contributed by atoms with E-state index in [2.05, 4.69) is 15.1 Å². The zero-order valence-electron chi connectivity index (χ0n) is 12.8. The molecule has 0 spiro atoms. The number of ether oxygens (including phenoxy) is 1. The van der Waals surface area contributed by atoms with Crippen molar-refractivity contribution >= 4 is 23.5 Å². The van der Waals surface area contributed by atoms with Crippen LogP contribution in [0.15, 0.2) is 17.4 Å². The van der Waals surface area contributed by atoms with Crippen molar-refractivity contribution in [3.63, 3.8) is 0 Å².